The maximum absolute atomic E-state index is 13.8. The van der Waals surface area contributed by atoms with Crippen LogP contribution in [0, 0.1) is 5.82 Å². The average molecular weight is 468 g/mol. The van der Waals surface area contributed by atoms with E-state index in [0.29, 0.717) is 6.61 Å². The van der Waals surface area contributed by atoms with Crippen molar-refractivity contribution >= 4 is 0 Å². The molecule has 34 heavy (non-hydrogen) atoms. The molecule has 4 rings (SSSR count). The first kappa shape index (κ1) is 25.3. The van der Waals surface area contributed by atoms with E-state index >= 15 is 0 Å². The predicted octanol–water partition coefficient (Wildman–Crippen LogP) is 5.46. The third-order valence-electron chi connectivity index (χ3n) is 7.81. The van der Waals surface area contributed by atoms with Gasteiger partial charge in [0.25, 0.3) is 0 Å². The molecule has 186 valence electrons. The van der Waals surface area contributed by atoms with Gasteiger partial charge in [0.1, 0.15) is 11.4 Å². The van der Waals surface area contributed by atoms with Crippen molar-refractivity contribution in [3.63, 3.8) is 0 Å². The van der Waals surface area contributed by atoms with Crippen molar-refractivity contribution in [3.8, 4) is 0 Å². The molecular formula is C29H42FN3O. The van der Waals surface area contributed by atoms with Gasteiger partial charge in [-0.3, -0.25) is 4.90 Å². The Labute approximate surface area is 205 Å². The van der Waals surface area contributed by atoms with Crippen LogP contribution in [0.15, 0.2) is 42.5 Å². The fourth-order valence-corrected chi connectivity index (χ4v) is 6.61. The highest BCUT2D eigenvalue weighted by atomic mass is 19.1. The van der Waals surface area contributed by atoms with Gasteiger partial charge in [-0.2, -0.15) is 0 Å². The maximum Gasteiger partial charge on any atom is 0.123 e. The zero-order valence-corrected chi connectivity index (χ0v) is 22.0. The minimum atomic E-state index is -0.538. The SMILES string of the molecule is CC(c1cccc2c1COC2(CCCN(C)C)c1ccc(F)cc1)N1C(C)(C)CNCC1(C)C. The second-order valence-corrected chi connectivity index (χ2v) is 11.7. The molecule has 4 nitrogen and oxygen atoms in total. The van der Waals surface area contributed by atoms with E-state index < -0.39 is 5.60 Å². The van der Waals surface area contributed by atoms with E-state index in [2.05, 4.69) is 82.0 Å². The zero-order valence-electron chi connectivity index (χ0n) is 22.0. The van der Waals surface area contributed by atoms with E-state index in [9.17, 15) is 4.39 Å². The molecule has 2 aliphatic heterocycles. The van der Waals surface area contributed by atoms with E-state index in [1.165, 1.54) is 16.7 Å². The molecule has 0 bridgehead atoms. The highest BCUT2D eigenvalue weighted by Gasteiger charge is 2.47. The van der Waals surface area contributed by atoms with Gasteiger partial charge >= 0.3 is 0 Å². The summed E-state index contributed by atoms with van der Waals surface area (Å²) in [6, 6.07) is 13.9. The molecule has 0 aromatic heterocycles. The molecule has 2 atom stereocenters. The minimum absolute atomic E-state index is 0.0309. The lowest BCUT2D eigenvalue weighted by Crippen LogP contribution is -2.68. The third kappa shape index (κ3) is 4.56. The summed E-state index contributed by atoms with van der Waals surface area (Å²) in [5.41, 5.74) is 4.45. The summed E-state index contributed by atoms with van der Waals surface area (Å²) in [5.74, 6) is -0.212. The molecule has 2 aromatic carbocycles. The van der Waals surface area contributed by atoms with Crippen molar-refractivity contribution in [3.05, 3.63) is 70.5 Å². The Bertz CT molecular complexity index is 985. The molecule has 2 unspecified atom stereocenters. The Kier molecular flexibility index (Phi) is 6.96. The lowest BCUT2D eigenvalue weighted by molar-refractivity contribution is -0.0457. The first-order valence-electron chi connectivity index (χ1n) is 12.7. The van der Waals surface area contributed by atoms with Gasteiger partial charge in [-0.05, 0) is 102 Å². The monoisotopic (exact) mass is 467 g/mol. The van der Waals surface area contributed by atoms with Crippen molar-refractivity contribution in [1.29, 1.82) is 0 Å². The molecule has 2 aliphatic rings. The number of piperazine rings is 1. The van der Waals surface area contributed by atoms with Gasteiger partial charge in [-0.1, -0.05) is 30.3 Å². The molecule has 0 aliphatic carbocycles. The van der Waals surface area contributed by atoms with Gasteiger partial charge in [0.15, 0.2) is 0 Å². The maximum atomic E-state index is 13.8. The number of nitrogens with one attached hydrogen (secondary N) is 1. The van der Waals surface area contributed by atoms with Crippen LogP contribution < -0.4 is 5.32 Å². The van der Waals surface area contributed by atoms with E-state index in [0.717, 1.165) is 38.0 Å². The van der Waals surface area contributed by atoms with Crippen LogP contribution in [0.4, 0.5) is 4.39 Å². The van der Waals surface area contributed by atoms with E-state index in [1.54, 1.807) is 12.1 Å². The summed E-state index contributed by atoms with van der Waals surface area (Å²) >= 11 is 0. The van der Waals surface area contributed by atoms with Crippen LogP contribution in [0.5, 0.6) is 0 Å². The summed E-state index contributed by atoms with van der Waals surface area (Å²) in [6.07, 6.45) is 1.87. The van der Waals surface area contributed by atoms with Crippen LogP contribution in [0.3, 0.4) is 0 Å². The fourth-order valence-electron chi connectivity index (χ4n) is 6.61. The van der Waals surface area contributed by atoms with Crippen LogP contribution in [-0.2, 0) is 16.9 Å². The molecule has 1 N–H and O–H groups in total. The Morgan fingerprint density at radius 3 is 2.29 bits per heavy atom. The van der Waals surface area contributed by atoms with E-state index in [4.69, 9.17) is 4.74 Å². The zero-order chi connectivity index (χ0) is 24.7. The van der Waals surface area contributed by atoms with Crippen LogP contribution >= 0.6 is 0 Å². The molecule has 0 amide bonds. The van der Waals surface area contributed by atoms with E-state index in [1.807, 2.05) is 12.1 Å². The Morgan fingerprint density at radius 2 is 1.68 bits per heavy atom. The summed E-state index contributed by atoms with van der Waals surface area (Å²) in [6.45, 7) is 15.2. The van der Waals surface area contributed by atoms with Gasteiger partial charge in [-0.25, -0.2) is 4.39 Å². The number of halogens is 1. The van der Waals surface area contributed by atoms with Gasteiger partial charge in [0.05, 0.1) is 6.61 Å². The topological polar surface area (TPSA) is 27.7 Å². The Hall–Kier alpha value is -1.79. The fraction of sp³-hybridized carbons (Fsp3) is 0.586. The molecular weight excluding hydrogens is 425 g/mol. The first-order valence-corrected chi connectivity index (χ1v) is 12.7. The Morgan fingerprint density at radius 1 is 1.03 bits per heavy atom. The molecule has 1 fully saturated rings. The summed E-state index contributed by atoms with van der Waals surface area (Å²) in [7, 11) is 4.20. The lowest BCUT2D eigenvalue weighted by Gasteiger charge is -2.56. The summed E-state index contributed by atoms with van der Waals surface area (Å²) < 4.78 is 20.5. The van der Waals surface area contributed by atoms with E-state index in [-0.39, 0.29) is 22.9 Å². The highest BCUT2D eigenvalue weighted by molar-refractivity contribution is 5.48. The van der Waals surface area contributed by atoms with Crippen molar-refractivity contribution in [1.82, 2.24) is 15.1 Å². The smallest absolute Gasteiger partial charge is 0.123 e. The molecule has 2 aromatic rings. The Balaban J connectivity index is 1.77. The van der Waals surface area contributed by atoms with Crippen molar-refractivity contribution < 1.29 is 9.13 Å². The van der Waals surface area contributed by atoms with Gasteiger partial charge in [0.2, 0.25) is 0 Å². The average Bonchev–Trinajstić information content (AvgIpc) is 3.12. The summed E-state index contributed by atoms with van der Waals surface area (Å²) in [4.78, 5) is 4.89. The van der Waals surface area contributed by atoms with Crippen LogP contribution in [0.25, 0.3) is 0 Å². The second-order valence-electron chi connectivity index (χ2n) is 11.7. The van der Waals surface area contributed by atoms with Gasteiger partial charge < -0.3 is 15.0 Å². The normalized spacial score (nSPS) is 24.9. The number of hydrogen-bond donors (Lipinski definition) is 1. The standard InChI is InChI=1S/C29H42FN3O/c1-21(33-27(2,3)19-31-20-28(33,4)5)24-10-8-11-26-25(24)18-34-29(26,16-9-17-32(6)7)22-12-14-23(30)15-13-22/h8,10-15,21,31H,9,16-20H2,1-7H3. The number of nitrogens with zero attached hydrogens (tertiary/aromatic N) is 2. The van der Waals surface area contributed by atoms with Crippen LogP contribution in [0.1, 0.15) is 75.8 Å². The van der Waals surface area contributed by atoms with Crippen molar-refractivity contribution in [2.24, 2.45) is 0 Å². The first-order chi connectivity index (χ1) is 16.0. The number of hydrogen-bond acceptors (Lipinski definition) is 4. The number of rotatable bonds is 7. The molecule has 0 saturated carbocycles. The van der Waals surface area contributed by atoms with Crippen molar-refractivity contribution in [2.45, 2.75) is 76.8 Å². The number of fused-ring (bicyclic) bond motifs is 1. The van der Waals surface area contributed by atoms with Crippen molar-refractivity contribution in [2.75, 3.05) is 33.7 Å². The number of ether oxygens (including phenoxy) is 1. The van der Waals surface area contributed by atoms with Gasteiger partial charge in [0, 0.05) is 30.2 Å². The minimum Gasteiger partial charge on any atom is -0.361 e. The highest BCUT2D eigenvalue weighted by Crippen LogP contribution is 2.48. The molecule has 2 heterocycles. The lowest BCUT2D eigenvalue weighted by atomic mass is 9.79. The largest absolute Gasteiger partial charge is 0.361 e. The molecule has 1 saturated heterocycles. The van der Waals surface area contributed by atoms with Gasteiger partial charge in [-0.15, -0.1) is 0 Å². The molecule has 0 radical (unpaired) electrons. The predicted molar refractivity (Wildman–Crippen MR) is 137 cm³/mol. The number of benzene rings is 2. The molecule has 5 heteroatoms. The second kappa shape index (κ2) is 9.34. The molecule has 0 spiro atoms. The van der Waals surface area contributed by atoms with Crippen LogP contribution in [0.2, 0.25) is 0 Å². The van der Waals surface area contributed by atoms with Crippen LogP contribution in [-0.4, -0.2) is 54.6 Å². The summed E-state index contributed by atoms with van der Waals surface area (Å²) in [5, 5.41) is 3.62. The quantitative estimate of drug-likeness (QED) is 0.585. The third-order valence-corrected chi connectivity index (χ3v) is 7.81.